The van der Waals surface area contributed by atoms with Crippen molar-refractivity contribution < 1.29 is 19.2 Å². The monoisotopic (exact) mass is 305 g/mol. The summed E-state index contributed by atoms with van der Waals surface area (Å²) in [7, 11) is 0. The Hall–Kier alpha value is -1.75. The molecule has 0 spiro atoms. The molecule has 2 aliphatic rings. The van der Waals surface area contributed by atoms with Crippen LogP contribution in [0.25, 0.3) is 0 Å². The molecule has 5 heteroatoms. The number of carbonyl (C=O) groups is 1. The molecule has 0 aromatic heterocycles. The number of fused-ring (bicyclic) bond motifs is 1. The molecule has 0 atom stereocenters. The van der Waals surface area contributed by atoms with Gasteiger partial charge in [0.2, 0.25) is 12.7 Å². The number of quaternary nitrogens is 1. The summed E-state index contributed by atoms with van der Waals surface area (Å²) < 4.78 is 10.8. The van der Waals surface area contributed by atoms with Crippen LogP contribution in [0, 0.1) is 5.41 Å². The van der Waals surface area contributed by atoms with Gasteiger partial charge in [-0.1, -0.05) is 20.8 Å². The molecule has 1 aromatic rings. The van der Waals surface area contributed by atoms with Gasteiger partial charge in [0.25, 0.3) is 0 Å². The van der Waals surface area contributed by atoms with E-state index in [9.17, 15) is 4.79 Å². The van der Waals surface area contributed by atoms with E-state index in [2.05, 4.69) is 12.1 Å². The topological polar surface area (TPSA) is 43.2 Å². The van der Waals surface area contributed by atoms with Crippen LogP contribution in [0.4, 0.5) is 0 Å². The van der Waals surface area contributed by atoms with Crippen molar-refractivity contribution in [3.05, 3.63) is 23.8 Å². The predicted octanol–water partition coefficient (Wildman–Crippen LogP) is 0.689. The molecule has 1 saturated heterocycles. The molecule has 1 amide bonds. The maximum absolute atomic E-state index is 12.3. The van der Waals surface area contributed by atoms with Crippen LogP contribution in [0.5, 0.6) is 11.5 Å². The first-order chi connectivity index (χ1) is 10.4. The van der Waals surface area contributed by atoms with Crippen LogP contribution in [0.1, 0.15) is 26.3 Å². The molecule has 0 saturated carbocycles. The average molecular weight is 305 g/mol. The molecule has 0 aliphatic carbocycles. The van der Waals surface area contributed by atoms with Crippen LogP contribution < -0.4 is 14.4 Å². The largest absolute Gasteiger partial charge is 0.454 e. The van der Waals surface area contributed by atoms with Crippen molar-refractivity contribution >= 4 is 5.91 Å². The van der Waals surface area contributed by atoms with E-state index < -0.39 is 0 Å². The lowest BCUT2D eigenvalue weighted by atomic mass is 9.94. The van der Waals surface area contributed by atoms with Gasteiger partial charge in [0.05, 0.1) is 26.2 Å². The summed E-state index contributed by atoms with van der Waals surface area (Å²) in [5.74, 6) is 1.94. The van der Waals surface area contributed by atoms with Crippen LogP contribution in [0.2, 0.25) is 0 Å². The maximum Gasteiger partial charge on any atom is 0.231 e. The van der Waals surface area contributed by atoms with Crippen LogP contribution in [-0.2, 0) is 11.3 Å². The van der Waals surface area contributed by atoms with Crippen LogP contribution in [-0.4, -0.2) is 43.8 Å². The first-order valence-corrected chi connectivity index (χ1v) is 7.95. The van der Waals surface area contributed by atoms with Crippen molar-refractivity contribution in [3.8, 4) is 11.5 Å². The van der Waals surface area contributed by atoms with E-state index in [1.807, 2.05) is 31.7 Å². The molecular weight excluding hydrogens is 280 g/mol. The molecule has 1 N–H and O–H groups in total. The third-order valence-electron chi connectivity index (χ3n) is 4.29. The highest BCUT2D eigenvalue weighted by atomic mass is 16.7. The lowest BCUT2D eigenvalue weighted by Gasteiger charge is -2.35. The zero-order chi connectivity index (χ0) is 15.7. The Kier molecular flexibility index (Phi) is 4.00. The lowest BCUT2D eigenvalue weighted by Crippen LogP contribution is -3.13. The molecular formula is C17H25N2O3+. The minimum absolute atomic E-state index is 0.259. The second-order valence-electron chi connectivity index (χ2n) is 7.16. The van der Waals surface area contributed by atoms with Crippen molar-refractivity contribution in [2.75, 3.05) is 33.0 Å². The fourth-order valence-electron chi connectivity index (χ4n) is 3.02. The van der Waals surface area contributed by atoms with Crippen molar-refractivity contribution in [2.45, 2.75) is 27.3 Å². The fourth-order valence-corrected chi connectivity index (χ4v) is 3.02. The predicted molar refractivity (Wildman–Crippen MR) is 83.0 cm³/mol. The first-order valence-electron chi connectivity index (χ1n) is 7.95. The molecule has 5 nitrogen and oxygen atoms in total. The number of carbonyl (C=O) groups excluding carboxylic acids is 1. The number of piperazine rings is 1. The van der Waals surface area contributed by atoms with Crippen molar-refractivity contribution in [2.24, 2.45) is 5.41 Å². The molecule has 2 aliphatic heterocycles. The number of hydrogen-bond donors (Lipinski definition) is 1. The molecule has 22 heavy (non-hydrogen) atoms. The summed E-state index contributed by atoms with van der Waals surface area (Å²) in [6.07, 6.45) is 0. The van der Waals surface area contributed by atoms with Crippen molar-refractivity contribution in [1.29, 1.82) is 0 Å². The molecule has 1 fully saturated rings. The molecule has 0 radical (unpaired) electrons. The second-order valence-corrected chi connectivity index (χ2v) is 7.16. The number of hydrogen-bond acceptors (Lipinski definition) is 3. The van der Waals surface area contributed by atoms with E-state index in [-0.39, 0.29) is 11.3 Å². The Morgan fingerprint density at radius 2 is 1.86 bits per heavy atom. The van der Waals surface area contributed by atoms with E-state index in [4.69, 9.17) is 9.47 Å². The summed E-state index contributed by atoms with van der Waals surface area (Å²) in [5.41, 5.74) is 0.976. The Balaban J connectivity index is 1.55. The van der Waals surface area contributed by atoms with Gasteiger partial charge in [0, 0.05) is 11.0 Å². The van der Waals surface area contributed by atoms with Gasteiger partial charge in [-0.3, -0.25) is 4.79 Å². The first kappa shape index (κ1) is 15.2. The zero-order valence-electron chi connectivity index (χ0n) is 13.6. The van der Waals surface area contributed by atoms with Gasteiger partial charge < -0.3 is 19.3 Å². The Labute approximate surface area is 131 Å². The molecule has 1 aromatic carbocycles. The molecule has 0 bridgehead atoms. The number of nitrogens with one attached hydrogen (secondary N) is 1. The molecule has 3 rings (SSSR count). The normalized spacial score (nSPS) is 18.6. The maximum atomic E-state index is 12.3. The van der Waals surface area contributed by atoms with Crippen LogP contribution in [0.3, 0.4) is 0 Å². The van der Waals surface area contributed by atoms with Gasteiger partial charge in [-0.25, -0.2) is 0 Å². The van der Waals surface area contributed by atoms with E-state index in [0.29, 0.717) is 6.79 Å². The third kappa shape index (κ3) is 3.19. The molecule has 0 unspecified atom stereocenters. The standard InChI is InChI=1S/C17H24N2O3/c1-17(2,3)16(20)19-8-6-18(7-9-19)11-13-4-5-14-15(10-13)22-12-21-14/h4-5,10H,6-9,11-12H2,1-3H3/p+1. The van der Waals surface area contributed by atoms with E-state index in [0.717, 1.165) is 44.2 Å². The quantitative estimate of drug-likeness (QED) is 0.874. The Morgan fingerprint density at radius 3 is 2.55 bits per heavy atom. The van der Waals surface area contributed by atoms with Crippen molar-refractivity contribution in [1.82, 2.24) is 4.90 Å². The molecule has 120 valence electrons. The van der Waals surface area contributed by atoms with Crippen LogP contribution in [0.15, 0.2) is 18.2 Å². The van der Waals surface area contributed by atoms with Gasteiger partial charge in [0.15, 0.2) is 11.5 Å². The minimum atomic E-state index is -0.283. The second kappa shape index (κ2) is 5.80. The Bertz CT molecular complexity index is 558. The van der Waals surface area contributed by atoms with E-state index in [1.165, 1.54) is 10.5 Å². The minimum Gasteiger partial charge on any atom is -0.454 e. The highest BCUT2D eigenvalue weighted by Gasteiger charge is 2.31. The van der Waals surface area contributed by atoms with Gasteiger partial charge in [-0.2, -0.15) is 0 Å². The summed E-state index contributed by atoms with van der Waals surface area (Å²) in [4.78, 5) is 15.8. The number of nitrogens with zero attached hydrogens (tertiary/aromatic N) is 1. The van der Waals surface area contributed by atoms with Gasteiger partial charge >= 0.3 is 0 Å². The smallest absolute Gasteiger partial charge is 0.231 e. The van der Waals surface area contributed by atoms with Gasteiger partial charge in [0.1, 0.15) is 6.54 Å². The van der Waals surface area contributed by atoms with E-state index in [1.54, 1.807) is 0 Å². The van der Waals surface area contributed by atoms with E-state index >= 15 is 0 Å². The SMILES string of the molecule is CC(C)(C)C(=O)N1CC[NH+](Cc2ccc3c(c2)OCO3)CC1. The van der Waals surface area contributed by atoms with Gasteiger partial charge in [-0.05, 0) is 18.2 Å². The van der Waals surface area contributed by atoms with Crippen molar-refractivity contribution in [3.63, 3.8) is 0 Å². The number of benzene rings is 1. The number of rotatable bonds is 2. The fraction of sp³-hybridized carbons (Fsp3) is 0.588. The van der Waals surface area contributed by atoms with Crippen LogP contribution >= 0.6 is 0 Å². The summed E-state index contributed by atoms with van der Waals surface area (Å²) >= 11 is 0. The lowest BCUT2D eigenvalue weighted by molar-refractivity contribution is -0.917. The third-order valence-corrected chi connectivity index (χ3v) is 4.29. The highest BCUT2D eigenvalue weighted by Crippen LogP contribution is 2.32. The summed E-state index contributed by atoms with van der Waals surface area (Å²) in [6.45, 7) is 10.9. The summed E-state index contributed by atoms with van der Waals surface area (Å²) in [6, 6.07) is 6.16. The Morgan fingerprint density at radius 1 is 1.18 bits per heavy atom. The average Bonchev–Trinajstić information content (AvgIpc) is 2.94. The highest BCUT2D eigenvalue weighted by molar-refractivity contribution is 5.81. The zero-order valence-corrected chi connectivity index (χ0v) is 13.6. The molecule has 2 heterocycles. The number of ether oxygens (including phenoxy) is 2. The number of amides is 1. The van der Waals surface area contributed by atoms with Gasteiger partial charge in [-0.15, -0.1) is 0 Å². The summed E-state index contributed by atoms with van der Waals surface area (Å²) in [5, 5.41) is 0.